The lowest BCUT2D eigenvalue weighted by molar-refractivity contribution is -0.139. The minimum Gasteiger partial charge on any atom is -0.426 e. The van der Waals surface area contributed by atoms with Crippen LogP contribution in [0.1, 0.15) is 25.0 Å². The molecule has 0 saturated heterocycles. The van der Waals surface area contributed by atoms with Gasteiger partial charge in [0.2, 0.25) is 0 Å². The normalized spacial score (nSPS) is 11.3. The molecule has 16 heavy (non-hydrogen) atoms. The topological polar surface area (TPSA) is 26.3 Å². The first kappa shape index (κ1) is 12.5. The molecule has 0 aromatic heterocycles. The number of esters is 1. The summed E-state index contributed by atoms with van der Waals surface area (Å²) in [5.41, 5.74) is -0.751. The van der Waals surface area contributed by atoms with E-state index in [2.05, 4.69) is 0 Å². The summed E-state index contributed by atoms with van der Waals surface area (Å²) in [6.07, 6.45) is -4.28. The van der Waals surface area contributed by atoms with E-state index in [0.29, 0.717) is 0 Å². The number of hydrogen-bond donors (Lipinski definition) is 0. The zero-order valence-corrected chi connectivity index (χ0v) is 8.89. The van der Waals surface area contributed by atoms with Gasteiger partial charge in [0, 0.05) is 12.5 Å². The fourth-order valence-electron chi connectivity index (χ4n) is 1.45. The van der Waals surface area contributed by atoms with Crippen LogP contribution in [0.2, 0.25) is 0 Å². The Balaban J connectivity index is 3.26. The maximum atomic E-state index is 12.6. The van der Waals surface area contributed by atoms with E-state index in [1.54, 1.807) is 6.92 Å². The zero-order valence-electron chi connectivity index (χ0n) is 8.89. The molecule has 0 spiro atoms. The zero-order chi connectivity index (χ0) is 12.3. The Labute approximate surface area is 91.0 Å². The Morgan fingerprint density at radius 2 is 2.00 bits per heavy atom. The Morgan fingerprint density at radius 3 is 2.44 bits per heavy atom. The van der Waals surface area contributed by atoms with Crippen LogP contribution in [0, 0.1) is 0 Å². The summed E-state index contributed by atoms with van der Waals surface area (Å²) in [4.78, 5) is 10.7. The number of hydrogen-bond acceptors (Lipinski definition) is 2. The van der Waals surface area contributed by atoms with E-state index in [9.17, 15) is 18.0 Å². The van der Waals surface area contributed by atoms with Gasteiger partial charge in [0.25, 0.3) is 0 Å². The maximum Gasteiger partial charge on any atom is 0.416 e. The molecule has 88 valence electrons. The summed E-state index contributed by atoms with van der Waals surface area (Å²) in [5.74, 6) is -0.654. The van der Waals surface area contributed by atoms with Crippen molar-refractivity contribution < 1.29 is 22.7 Å². The molecule has 0 fully saturated rings. The first-order valence-corrected chi connectivity index (χ1v) is 4.73. The monoisotopic (exact) mass is 232 g/mol. The van der Waals surface area contributed by atoms with Gasteiger partial charge in [-0.05, 0) is 18.6 Å². The van der Waals surface area contributed by atoms with Crippen LogP contribution >= 0.6 is 0 Å². The Bertz CT molecular complexity index is 397. The molecule has 0 bridgehead atoms. The number of ether oxygens (including phenoxy) is 1. The molecule has 0 saturated carbocycles. The van der Waals surface area contributed by atoms with Gasteiger partial charge in [-0.2, -0.15) is 13.2 Å². The third-order valence-electron chi connectivity index (χ3n) is 2.05. The molecular formula is C11H11F3O2. The molecule has 0 aliphatic heterocycles. The van der Waals surface area contributed by atoms with Crippen LogP contribution in [0.3, 0.4) is 0 Å². The fraction of sp³-hybridized carbons (Fsp3) is 0.364. The van der Waals surface area contributed by atoms with Gasteiger partial charge in [-0.15, -0.1) is 0 Å². The number of rotatable bonds is 2. The van der Waals surface area contributed by atoms with Crippen molar-refractivity contribution in [3.8, 4) is 5.75 Å². The van der Waals surface area contributed by atoms with Gasteiger partial charge >= 0.3 is 12.1 Å². The summed E-state index contributed by atoms with van der Waals surface area (Å²) < 4.78 is 42.6. The highest BCUT2D eigenvalue weighted by Gasteiger charge is 2.34. The number of halogens is 3. The number of carbonyl (C=O) groups excluding carboxylic acids is 1. The van der Waals surface area contributed by atoms with Crippen molar-refractivity contribution in [3.63, 3.8) is 0 Å². The number of benzene rings is 1. The highest BCUT2D eigenvalue weighted by atomic mass is 19.4. The van der Waals surface area contributed by atoms with Crippen LogP contribution in [0.15, 0.2) is 18.2 Å². The van der Waals surface area contributed by atoms with Crippen molar-refractivity contribution in [3.05, 3.63) is 29.3 Å². The molecule has 0 radical (unpaired) electrons. The van der Waals surface area contributed by atoms with E-state index in [-0.39, 0.29) is 17.7 Å². The highest BCUT2D eigenvalue weighted by molar-refractivity contribution is 5.70. The van der Waals surface area contributed by atoms with E-state index in [4.69, 9.17) is 4.74 Å². The van der Waals surface area contributed by atoms with Gasteiger partial charge in [-0.25, -0.2) is 0 Å². The van der Waals surface area contributed by atoms with Gasteiger partial charge < -0.3 is 4.74 Å². The van der Waals surface area contributed by atoms with E-state index < -0.39 is 17.7 Å². The third-order valence-corrected chi connectivity index (χ3v) is 2.05. The largest absolute Gasteiger partial charge is 0.426 e. The standard InChI is InChI=1S/C11H11F3O2/c1-3-8-9(11(12,13)14)5-4-6-10(8)16-7(2)15/h4-6H,3H2,1-2H3. The minimum atomic E-state index is -4.43. The summed E-state index contributed by atoms with van der Waals surface area (Å²) in [6, 6.07) is 3.56. The van der Waals surface area contributed by atoms with Crippen LogP contribution in [0.5, 0.6) is 5.75 Å². The first-order valence-electron chi connectivity index (χ1n) is 4.73. The van der Waals surface area contributed by atoms with Crippen molar-refractivity contribution in [2.24, 2.45) is 0 Å². The summed E-state index contributed by atoms with van der Waals surface area (Å²) >= 11 is 0. The molecule has 0 unspecified atom stereocenters. The van der Waals surface area contributed by atoms with E-state index >= 15 is 0 Å². The molecule has 2 nitrogen and oxygen atoms in total. The third kappa shape index (κ3) is 2.74. The minimum absolute atomic E-state index is 0.00481. The molecule has 1 aromatic carbocycles. The molecule has 0 N–H and O–H groups in total. The molecule has 1 aromatic rings. The lowest BCUT2D eigenvalue weighted by Gasteiger charge is -2.14. The molecule has 0 heterocycles. The second kappa shape index (κ2) is 4.55. The van der Waals surface area contributed by atoms with Gasteiger partial charge in [0.15, 0.2) is 0 Å². The molecule has 0 aliphatic carbocycles. The average Bonchev–Trinajstić information content (AvgIpc) is 2.15. The predicted molar refractivity (Wildman–Crippen MR) is 52.1 cm³/mol. The van der Waals surface area contributed by atoms with Crippen LogP contribution in [-0.4, -0.2) is 5.97 Å². The van der Waals surface area contributed by atoms with Crippen molar-refractivity contribution in [1.29, 1.82) is 0 Å². The van der Waals surface area contributed by atoms with E-state index in [1.807, 2.05) is 0 Å². The maximum absolute atomic E-state index is 12.6. The van der Waals surface area contributed by atoms with Crippen molar-refractivity contribution in [2.45, 2.75) is 26.4 Å². The molecule has 0 atom stereocenters. The van der Waals surface area contributed by atoms with Gasteiger partial charge in [0.05, 0.1) is 5.56 Å². The summed E-state index contributed by atoms with van der Waals surface area (Å²) in [6.45, 7) is 2.73. The number of alkyl halides is 3. The Morgan fingerprint density at radius 1 is 1.38 bits per heavy atom. The second-order valence-electron chi connectivity index (χ2n) is 3.23. The predicted octanol–water partition coefficient (Wildman–Crippen LogP) is 3.19. The second-order valence-corrected chi connectivity index (χ2v) is 3.23. The SMILES string of the molecule is CCc1c(OC(C)=O)cccc1C(F)(F)F. The Hall–Kier alpha value is -1.52. The van der Waals surface area contributed by atoms with Gasteiger partial charge in [0.1, 0.15) is 5.75 Å². The van der Waals surface area contributed by atoms with Crippen LogP contribution in [0.25, 0.3) is 0 Å². The molecule has 0 aliphatic rings. The molecule has 5 heteroatoms. The Kier molecular flexibility index (Phi) is 3.57. The summed E-state index contributed by atoms with van der Waals surface area (Å²) in [7, 11) is 0. The smallest absolute Gasteiger partial charge is 0.416 e. The van der Waals surface area contributed by atoms with Gasteiger partial charge in [-0.3, -0.25) is 4.79 Å². The van der Waals surface area contributed by atoms with Crippen LogP contribution in [0.4, 0.5) is 13.2 Å². The quantitative estimate of drug-likeness (QED) is 0.578. The van der Waals surface area contributed by atoms with Crippen molar-refractivity contribution >= 4 is 5.97 Å². The molecular weight excluding hydrogens is 221 g/mol. The van der Waals surface area contributed by atoms with Crippen LogP contribution in [-0.2, 0) is 17.4 Å². The lowest BCUT2D eigenvalue weighted by Crippen LogP contribution is -2.11. The summed E-state index contributed by atoms with van der Waals surface area (Å²) in [5, 5.41) is 0. The molecule has 0 amide bonds. The average molecular weight is 232 g/mol. The lowest BCUT2D eigenvalue weighted by atomic mass is 10.0. The van der Waals surface area contributed by atoms with E-state index in [0.717, 1.165) is 13.0 Å². The van der Waals surface area contributed by atoms with Crippen molar-refractivity contribution in [2.75, 3.05) is 0 Å². The van der Waals surface area contributed by atoms with Crippen LogP contribution < -0.4 is 4.74 Å². The number of carbonyl (C=O) groups is 1. The van der Waals surface area contributed by atoms with Crippen molar-refractivity contribution in [1.82, 2.24) is 0 Å². The first-order chi connectivity index (χ1) is 7.36. The van der Waals surface area contributed by atoms with E-state index in [1.165, 1.54) is 12.1 Å². The molecule has 1 rings (SSSR count). The van der Waals surface area contributed by atoms with Gasteiger partial charge in [-0.1, -0.05) is 13.0 Å². The fourth-order valence-corrected chi connectivity index (χ4v) is 1.45. The highest BCUT2D eigenvalue weighted by Crippen LogP contribution is 2.36.